The Bertz CT molecular complexity index is 1130. The lowest BCUT2D eigenvalue weighted by Crippen LogP contribution is -2.50. The maximum absolute atomic E-state index is 13.7. The van der Waals surface area contributed by atoms with Gasteiger partial charge in [0.05, 0.1) is 12.0 Å². The molecule has 0 spiro atoms. The third kappa shape index (κ3) is 4.82. The SMILES string of the molecule is C=C1CCC[C@]2(C)C[C@H]3OC(=O)[C@H](CN4CCN(C(c5ccc(F)cc5)c5ccc(F)cc5)CC4)[C@@H]3C[C@@H]12. The van der Waals surface area contributed by atoms with Crippen molar-refractivity contribution in [2.45, 2.75) is 51.2 Å². The van der Waals surface area contributed by atoms with Crippen LogP contribution in [0.15, 0.2) is 60.7 Å². The molecule has 2 saturated heterocycles. The number of esters is 1. The zero-order chi connectivity index (χ0) is 26.4. The molecule has 0 amide bonds. The van der Waals surface area contributed by atoms with Crippen LogP contribution in [0.1, 0.15) is 56.2 Å². The number of carbonyl (C=O) groups is 1. The Hall–Kier alpha value is -2.57. The maximum atomic E-state index is 13.7. The van der Waals surface area contributed by atoms with Crippen LogP contribution in [0.5, 0.6) is 0 Å². The zero-order valence-electron chi connectivity index (χ0n) is 22.3. The Labute approximate surface area is 224 Å². The van der Waals surface area contributed by atoms with Gasteiger partial charge in [-0.05, 0) is 78.8 Å². The van der Waals surface area contributed by atoms with Crippen LogP contribution in [0.4, 0.5) is 8.78 Å². The number of carbonyl (C=O) groups excluding carboxylic acids is 1. The summed E-state index contributed by atoms with van der Waals surface area (Å²) < 4.78 is 33.3. The second kappa shape index (κ2) is 10.2. The number of rotatable bonds is 5. The van der Waals surface area contributed by atoms with E-state index in [1.807, 2.05) is 24.3 Å². The van der Waals surface area contributed by atoms with Gasteiger partial charge in [-0.3, -0.25) is 14.6 Å². The highest BCUT2D eigenvalue weighted by molar-refractivity contribution is 5.75. The number of halogens is 2. The fraction of sp³-hybridized carbons (Fsp3) is 0.531. The third-order valence-electron chi connectivity index (χ3n) is 9.92. The molecular weight excluding hydrogens is 482 g/mol. The molecule has 202 valence electrons. The largest absolute Gasteiger partial charge is 0.462 e. The van der Waals surface area contributed by atoms with Crippen molar-refractivity contribution in [3.05, 3.63) is 83.4 Å². The quantitative estimate of drug-likeness (QED) is 0.358. The molecule has 38 heavy (non-hydrogen) atoms. The molecule has 2 aliphatic heterocycles. The molecule has 5 atom stereocenters. The van der Waals surface area contributed by atoms with Crippen LogP contribution >= 0.6 is 0 Å². The van der Waals surface area contributed by atoms with Gasteiger partial charge in [-0.15, -0.1) is 0 Å². The van der Waals surface area contributed by atoms with E-state index < -0.39 is 0 Å². The number of allylic oxidation sites excluding steroid dienone is 1. The van der Waals surface area contributed by atoms with Gasteiger partial charge < -0.3 is 4.74 Å². The van der Waals surface area contributed by atoms with Gasteiger partial charge in [-0.25, -0.2) is 8.78 Å². The van der Waals surface area contributed by atoms with Crippen molar-refractivity contribution in [3.63, 3.8) is 0 Å². The molecule has 4 nitrogen and oxygen atoms in total. The number of benzene rings is 2. The van der Waals surface area contributed by atoms with Crippen LogP contribution < -0.4 is 0 Å². The number of hydrogen-bond donors (Lipinski definition) is 0. The number of hydrogen-bond acceptors (Lipinski definition) is 4. The van der Waals surface area contributed by atoms with Gasteiger partial charge in [-0.2, -0.15) is 0 Å². The molecule has 2 aromatic carbocycles. The molecule has 0 N–H and O–H groups in total. The molecule has 0 aromatic heterocycles. The molecule has 2 aromatic rings. The van der Waals surface area contributed by atoms with Crippen LogP contribution in [0, 0.1) is 34.8 Å². The standard InChI is InChI=1S/C32H38F2N2O2/c1-21-4-3-13-32(2)19-29-26(18-28(21)32)27(31(37)38-29)20-35-14-16-36(17-15-35)30(22-5-9-24(33)10-6-22)23-7-11-25(34)12-8-23/h5-12,26-30H,1,3-4,13-20H2,2H3/t26-,27+,28-,29+,32+/m0/s1. The molecule has 2 aliphatic carbocycles. The van der Waals surface area contributed by atoms with Crippen molar-refractivity contribution in [2.75, 3.05) is 32.7 Å². The summed E-state index contributed by atoms with van der Waals surface area (Å²) >= 11 is 0. The van der Waals surface area contributed by atoms with Gasteiger partial charge in [-0.1, -0.05) is 43.3 Å². The molecule has 2 heterocycles. The Morgan fingerprint density at radius 3 is 2.21 bits per heavy atom. The second-order valence-electron chi connectivity index (χ2n) is 12.2. The van der Waals surface area contributed by atoms with E-state index in [2.05, 4.69) is 23.3 Å². The number of ether oxygens (including phenoxy) is 1. The fourth-order valence-corrected chi connectivity index (χ4v) is 7.85. The van der Waals surface area contributed by atoms with Crippen LogP contribution in [0.2, 0.25) is 0 Å². The minimum atomic E-state index is -0.266. The van der Waals surface area contributed by atoms with Crippen molar-refractivity contribution in [1.82, 2.24) is 9.80 Å². The first-order valence-electron chi connectivity index (χ1n) is 14.2. The average Bonchev–Trinajstić information content (AvgIpc) is 3.19. The average molecular weight is 521 g/mol. The van der Waals surface area contributed by atoms with Crippen molar-refractivity contribution >= 4 is 5.97 Å². The van der Waals surface area contributed by atoms with E-state index in [9.17, 15) is 13.6 Å². The summed E-state index contributed by atoms with van der Waals surface area (Å²) in [6, 6.07) is 13.1. The normalized spacial score (nSPS) is 32.2. The lowest BCUT2D eigenvalue weighted by Gasteiger charge is -2.50. The summed E-state index contributed by atoms with van der Waals surface area (Å²) in [4.78, 5) is 17.8. The predicted molar refractivity (Wildman–Crippen MR) is 143 cm³/mol. The summed E-state index contributed by atoms with van der Waals surface area (Å²) in [5.74, 6) is 0.149. The van der Waals surface area contributed by atoms with Gasteiger partial charge in [0, 0.05) is 38.6 Å². The van der Waals surface area contributed by atoms with Crippen molar-refractivity contribution in [2.24, 2.45) is 23.2 Å². The van der Waals surface area contributed by atoms with Gasteiger partial charge in [0.1, 0.15) is 17.7 Å². The Morgan fingerprint density at radius 1 is 1.00 bits per heavy atom. The molecule has 6 rings (SSSR count). The lowest BCUT2D eigenvalue weighted by molar-refractivity contribution is -0.146. The molecule has 2 saturated carbocycles. The van der Waals surface area contributed by atoms with Crippen LogP contribution in [0.25, 0.3) is 0 Å². The van der Waals surface area contributed by atoms with E-state index in [0.29, 0.717) is 5.92 Å². The first kappa shape index (κ1) is 25.7. The second-order valence-corrected chi connectivity index (χ2v) is 12.2. The molecule has 4 fully saturated rings. The summed E-state index contributed by atoms with van der Waals surface area (Å²) in [5, 5.41) is 0. The first-order chi connectivity index (χ1) is 18.3. The summed E-state index contributed by atoms with van der Waals surface area (Å²) in [7, 11) is 0. The van der Waals surface area contributed by atoms with Gasteiger partial charge in [0.15, 0.2) is 0 Å². The Kier molecular flexibility index (Phi) is 6.89. The van der Waals surface area contributed by atoms with Gasteiger partial charge >= 0.3 is 5.97 Å². The highest BCUT2D eigenvalue weighted by Crippen LogP contribution is 2.57. The van der Waals surface area contributed by atoms with E-state index in [-0.39, 0.29) is 47.0 Å². The van der Waals surface area contributed by atoms with Crippen molar-refractivity contribution in [1.29, 1.82) is 0 Å². The molecule has 0 bridgehead atoms. The molecule has 0 unspecified atom stereocenters. The maximum Gasteiger partial charge on any atom is 0.310 e. The molecular formula is C32H38F2N2O2. The predicted octanol–water partition coefficient (Wildman–Crippen LogP) is 5.99. The number of piperazine rings is 1. The third-order valence-corrected chi connectivity index (χ3v) is 9.92. The van der Waals surface area contributed by atoms with Gasteiger partial charge in [0.2, 0.25) is 0 Å². The van der Waals surface area contributed by atoms with Crippen molar-refractivity contribution < 1.29 is 18.3 Å². The highest BCUT2D eigenvalue weighted by atomic mass is 19.1. The van der Waals surface area contributed by atoms with E-state index >= 15 is 0 Å². The monoisotopic (exact) mass is 520 g/mol. The van der Waals surface area contributed by atoms with Crippen LogP contribution in [0.3, 0.4) is 0 Å². The fourth-order valence-electron chi connectivity index (χ4n) is 7.85. The minimum Gasteiger partial charge on any atom is -0.462 e. The van der Waals surface area contributed by atoms with E-state index in [1.54, 1.807) is 0 Å². The Morgan fingerprint density at radius 2 is 1.61 bits per heavy atom. The smallest absolute Gasteiger partial charge is 0.310 e. The topological polar surface area (TPSA) is 32.8 Å². The number of fused-ring (bicyclic) bond motifs is 2. The molecule has 6 heteroatoms. The molecule has 4 aliphatic rings. The van der Waals surface area contributed by atoms with Crippen molar-refractivity contribution in [3.8, 4) is 0 Å². The van der Waals surface area contributed by atoms with Crippen LogP contribution in [-0.2, 0) is 9.53 Å². The summed E-state index contributed by atoms with van der Waals surface area (Å²) in [6.07, 6.45) is 5.54. The number of nitrogens with zero attached hydrogens (tertiary/aromatic N) is 2. The van der Waals surface area contributed by atoms with Gasteiger partial charge in [0.25, 0.3) is 0 Å². The highest BCUT2D eigenvalue weighted by Gasteiger charge is 2.55. The molecule has 0 radical (unpaired) electrons. The summed E-state index contributed by atoms with van der Waals surface area (Å²) in [6.45, 7) is 10.8. The first-order valence-corrected chi connectivity index (χ1v) is 14.2. The lowest BCUT2D eigenvalue weighted by atomic mass is 9.55. The van der Waals surface area contributed by atoms with E-state index in [1.165, 1.54) is 42.7 Å². The van der Waals surface area contributed by atoms with E-state index in [0.717, 1.165) is 63.1 Å². The van der Waals surface area contributed by atoms with E-state index in [4.69, 9.17) is 4.74 Å². The minimum absolute atomic E-state index is 0.0224. The summed E-state index contributed by atoms with van der Waals surface area (Å²) in [5.41, 5.74) is 3.57. The zero-order valence-corrected chi connectivity index (χ0v) is 22.3. The Balaban J connectivity index is 1.14. The van der Waals surface area contributed by atoms with Crippen LogP contribution in [-0.4, -0.2) is 54.6 Å².